The molecule has 0 fully saturated rings. The van der Waals surface area contributed by atoms with Crippen LogP contribution in [0.5, 0.6) is 17.2 Å². The molecule has 1 aliphatic heterocycles. The van der Waals surface area contributed by atoms with Crippen molar-refractivity contribution in [2.75, 3.05) is 13.8 Å². The lowest BCUT2D eigenvalue weighted by Crippen LogP contribution is -2.08. The van der Waals surface area contributed by atoms with Gasteiger partial charge in [0.2, 0.25) is 6.79 Å². The zero-order valence-electron chi connectivity index (χ0n) is 12.1. The molecule has 0 saturated carbocycles. The first kappa shape index (κ1) is 14.2. The van der Waals surface area contributed by atoms with Crippen LogP contribution in [0, 0.1) is 0 Å². The van der Waals surface area contributed by atoms with Gasteiger partial charge in [-0.2, -0.15) is 0 Å². The van der Waals surface area contributed by atoms with Crippen molar-refractivity contribution in [3.8, 4) is 17.2 Å². The highest BCUT2D eigenvalue weighted by atomic mass is 32.1. The normalized spacial score (nSPS) is 12.7. The maximum atomic E-state index is 5.93. The van der Waals surface area contributed by atoms with Crippen molar-refractivity contribution in [3.05, 3.63) is 33.8 Å². The molecule has 3 rings (SSSR count). The van der Waals surface area contributed by atoms with Gasteiger partial charge < -0.3 is 19.5 Å². The summed E-state index contributed by atoms with van der Waals surface area (Å²) in [7, 11) is 1.91. The Morgan fingerprint density at radius 2 is 2.14 bits per heavy atom. The molecule has 2 aromatic rings. The van der Waals surface area contributed by atoms with E-state index in [2.05, 4.69) is 17.2 Å². The average Bonchev–Trinajstić information content (AvgIpc) is 3.13. The van der Waals surface area contributed by atoms with Crippen LogP contribution in [0.2, 0.25) is 0 Å². The fraction of sp³-hybridized carbons (Fsp3) is 0.400. The molecule has 1 N–H and O–H groups in total. The number of rotatable bonds is 6. The first-order valence-electron chi connectivity index (χ1n) is 6.93. The van der Waals surface area contributed by atoms with Crippen molar-refractivity contribution in [1.29, 1.82) is 0 Å². The lowest BCUT2D eigenvalue weighted by molar-refractivity contribution is 0.173. The molecule has 1 aromatic heterocycles. The van der Waals surface area contributed by atoms with Crippen molar-refractivity contribution < 1.29 is 14.2 Å². The third-order valence-electron chi connectivity index (χ3n) is 3.20. The minimum atomic E-state index is 0.268. The summed E-state index contributed by atoms with van der Waals surface area (Å²) in [6, 6.07) is 3.86. The molecule has 0 bridgehead atoms. The maximum Gasteiger partial charge on any atom is 0.231 e. The fourth-order valence-electron chi connectivity index (χ4n) is 2.16. The molecule has 0 saturated heterocycles. The molecule has 112 valence electrons. The van der Waals surface area contributed by atoms with Crippen molar-refractivity contribution in [3.63, 3.8) is 0 Å². The molecular weight excluding hydrogens is 288 g/mol. The SMILES string of the molecule is CCc1nc(COc2cc3c(cc2CNC)OCO3)cs1. The minimum Gasteiger partial charge on any atom is -0.487 e. The van der Waals surface area contributed by atoms with Crippen LogP contribution >= 0.6 is 11.3 Å². The molecule has 0 radical (unpaired) electrons. The number of aryl methyl sites for hydroxylation is 1. The number of fused-ring (bicyclic) bond motifs is 1. The van der Waals surface area contributed by atoms with Crippen LogP contribution in [-0.4, -0.2) is 18.8 Å². The molecule has 21 heavy (non-hydrogen) atoms. The summed E-state index contributed by atoms with van der Waals surface area (Å²) in [6.07, 6.45) is 0.958. The van der Waals surface area contributed by atoms with Gasteiger partial charge in [-0.15, -0.1) is 11.3 Å². The van der Waals surface area contributed by atoms with E-state index in [4.69, 9.17) is 14.2 Å². The summed E-state index contributed by atoms with van der Waals surface area (Å²) in [4.78, 5) is 4.51. The molecule has 1 aliphatic rings. The summed E-state index contributed by atoms with van der Waals surface area (Å²) in [6.45, 7) is 3.55. The average molecular weight is 306 g/mol. The van der Waals surface area contributed by atoms with E-state index < -0.39 is 0 Å². The molecule has 0 amide bonds. The van der Waals surface area contributed by atoms with Gasteiger partial charge in [0, 0.05) is 23.6 Å². The highest BCUT2D eigenvalue weighted by Crippen LogP contribution is 2.38. The molecule has 0 atom stereocenters. The first-order valence-corrected chi connectivity index (χ1v) is 7.81. The second-order valence-electron chi connectivity index (χ2n) is 4.72. The highest BCUT2D eigenvalue weighted by molar-refractivity contribution is 7.09. The van der Waals surface area contributed by atoms with Crippen molar-refractivity contribution >= 4 is 11.3 Å². The van der Waals surface area contributed by atoms with Crippen LogP contribution in [0.25, 0.3) is 0 Å². The van der Waals surface area contributed by atoms with E-state index >= 15 is 0 Å². The van der Waals surface area contributed by atoms with Gasteiger partial charge in [0.25, 0.3) is 0 Å². The molecule has 1 aromatic carbocycles. The lowest BCUT2D eigenvalue weighted by atomic mass is 10.1. The van der Waals surface area contributed by atoms with E-state index in [1.54, 1.807) is 11.3 Å². The molecule has 6 heteroatoms. The number of nitrogens with zero attached hydrogens (tertiary/aromatic N) is 1. The number of aromatic nitrogens is 1. The molecule has 0 unspecified atom stereocenters. The Balaban J connectivity index is 1.77. The van der Waals surface area contributed by atoms with Crippen LogP contribution in [-0.2, 0) is 19.6 Å². The van der Waals surface area contributed by atoms with E-state index in [1.807, 2.05) is 24.6 Å². The van der Waals surface area contributed by atoms with E-state index in [1.165, 1.54) is 0 Å². The topological polar surface area (TPSA) is 52.6 Å². The van der Waals surface area contributed by atoms with Crippen molar-refractivity contribution in [2.45, 2.75) is 26.5 Å². The first-order chi connectivity index (χ1) is 10.3. The summed E-state index contributed by atoms with van der Waals surface area (Å²) < 4.78 is 16.7. The maximum absolute atomic E-state index is 5.93. The van der Waals surface area contributed by atoms with Crippen molar-refractivity contribution in [2.24, 2.45) is 0 Å². The molecule has 2 heterocycles. The number of hydrogen-bond donors (Lipinski definition) is 1. The Morgan fingerprint density at radius 1 is 1.33 bits per heavy atom. The summed E-state index contributed by atoms with van der Waals surface area (Å²) >= 11 is 1.67. The second kappa shape index (κ2) is 6.32. The van der Waals surface area contributed by atoms with Gasteiger partial charge in [-0.3, -0.25) is 0 Å². The lowest BCUT2D eigenvalue weighted by Gasteiger charge is -2.11. The van der Waals surface area contributed by atoms with Crippen LogP contribution < -0.4 is 19.5 Å². The minimum absolute atomic E-state index is 0.268. The Labute approximate surface area is 127 Å². The van der Waals surface area contributed by atoms with Crippen LogP contribution in [0.4, 0.5) is 0 Å². The summed E-state index contributed by atoms with van der Waals surface area (Å²) in [5, 5.41) is 6.32. The zero-order chi connectivity index (χ0) is 14.7. The summed E-state index contributed by atoms with van der Waals surface area (Å²) in [5.41, 5.74) is 2.01. The van der Waals surface area contributed by atoms with Gasteiger partial charge in [0.1, 0.15) is 12.4 Å². The van der Waals surface area contributed by atoms with Gasteiger partial charge in [0.15, 0.2) is 11.5 Å². The van der Waals surface area contributed by atoms with Gasteiger partial charge in [-0.05, 0) is 19.5 Å². The third kappa shape index (κ3) is 3.11. The molecule has 0 aliphatic carbocycles. The number of nitrogens with one attached hydrogen (secondary N) is 1. The van der Waals surface area contributed by atoms with Crippen LogP contribution in [0.15, 0.2) is 17.5 Å². The Morgan fingerprint density at radius 3 is 2.86 bits per heavy atom. The standard InChI is InChI=1S/C15H18N2O3S/c1-3-15-17-11(8-21-15)7-18-12-5-14-13(19-9-20-14)4-10(12)6-16-2/h4-5,8,16H,3,6-7,9H2,1-2H3. The Kier molecular flexibility index (Phi) is 4.26. The van der Waals surface area contributed by atoms with Crippen LogP contribution in [0.1, 0.15) is 23.2 Å². The van der Waals surface area contributed by atoms with Gasteiger partial charge >= 0.3 is 0 Å². The predicted molar refractivity (Wildman–Crippen MR) is 81.2 cm³/mol. The van der Waals surface area contributed by atoms with E-state index in [0.717, 1.165) is 39.9 Å². The van der Waals surface area contributed by atoms with E-state index in [9.17, 15) is 0 Å². The quantitative estimate of drug-likeness (QED) is 0.889. The monoisotopic (exact) mass is 306 g/mol. The number of hydrogen-bond acceptors (Lipinski definition) is 6. The zero-order valence-corrected chi connectivity index (χ0v) is 13.0. The Bertz CT molecular complexity index is 627. The molecule has 0 spiro atoms. The largest absolute Gasteiger partial charge is 0.487 e. The van der Waals surface area contributed by atoms with E-state index in [0.29, 0.717) is 13.2 Å². The van der Waals surface area contributed by atoms with Gasteiger partial charge in [-0.1, -0.05) is 6.92 Å². The van der Waals surface area contributed by atoms with Gasteiger partial charge in [-0.25, -0.2) is 4.98 Å². The number of thiazole rings is 1. The second-order valence-corrected chi connectivity index (χ2v) is 5.66. The highest BCUT2D eigenvalue weighted by Gasteiger charge is 2.18. The van der Waals surface area contributed by atoms with E-state index in [-0.39, 0.29) is 6.79 Å². The van der Waals surface area contributed by atoms with Gasteiger partial charge in [0.05, 0.1) is 10.7 Å². The molecule has 5 nitrogen and oxygen atoms in total. The predicted octanol–water partition coefficient (Wildman–Crippen LogP) is 2.73. The van der Waals surface area contributed by atoms with Crippen molar-refractivity contribution in [1.82, 2.24) is 10.3 Å². The summed E-state index contributed by atoms with van der Waals surface area (Å²) in [5.74, 6) is 2.31. The number of benzene rings is 1. The Hall–Kier alpha value is -1.79. The molecular formula is C15H18N2O3S. The smallest absolute Gasteiger partial charge is 0.231 e. The van der Waals surface area contributed by atoms with Crippen LogP contribution in [0.3, 0.4) is 0 Å². The fourth-order valence-corrected chi connectivity index (χ4v) is 2.89. The third-order valence-corrected chi connectivity index (χ3v) is 4.24. The number of ether oxygens (including phenoxy) is 3.